The van der Waals surface area contributed by atoms with Gasteiger partial charge in [-0.3, -0.25) is 4.79 Å². The van der Waals surface area contributed by atoms with E-state index in [2.05, 4.69) is 10.6 Å². The summed E-state index contributed by atoms with van der Waals surface area (Å²) in [5.41, 5.74) is 3.10. The highest BCUT2D eigenvalue weighted by Crippen LogP contribution is 2.22. The molecule has 1 fully saturated rings. The fourth-order valence-corrected chi connectivity index (χ4v) is 3.14. The molecule has 140 valence electrons. The molecule has 0 spiro atoms. The fraction of sp³-hybridized carbons (Fsp3) is 0.250. The van der Waals surface area contributed by atoms with Crippen molar-refractivity contribution in [3.63, 3.8) is 0 Å². The van der Waals surface area contributed by atoms with Crippen LogP contribution in [0.4, 0.5) is 11.4 Å². The summed E-state index contributed by atoms with van der Waals surface area (Å²) < 4.78 is 4.72. The van der Waals surface area contributed by atoms with Crippen LogP contribution in [0.25, 0.3) is 0 Å². The van der Waals surface area contributed by atoms with Crippen LogP contribution in [0.15, 0.2) is 48.5 Å². The molecule has 1 aliphatic heterocycles. The Morgan fingerprint density at radius 1 is 1.22 bits per heavy atom. The normalized spacial score (nSPS) is 13.4. The molecule has 1 heterocycles. The van der Waals surface area contributed by atoms with E-state index in [-0.39, 0.29) is 5.91 Å². The molecule has 0 aromatic heterocycles. The summed E-state index contributed by atoms with van der Waals surface area (Å²) in [4.78, 5) is 25.3. The van der Waals surface area contributed by atoms with Crippen molar-refractivity contribution in [2.45, 2.75) is 19.4 Å². The number of hydrogen-bond acceptors (Lipinski definition) is 4. The number of nitrogens with zero attached hydrogens (tertiary/aromatic N) is 1. The minimum absolute atomic E-state index is 0.169. The van der Waals surface area contributed by atoms with E-state index in [4.69, 9.17) is 17.0 Å². The quantitative estimate of drug-likeness (QED) is 0.611. The Hall–Kier alpha value is -2.93. The molecule has 0 aliphatic carbocycles. The lowest BCUT2D eigenvalue weighted by atomic mass is 10.2. The first-order valence-corrected chi connectivity index (χ1v) is 9.10. The number of esters is 1. The molecule has 0 atom stereocenters. The van der Waals surface area contributed by atoms with Crippen molar-refractivity contribution in [3.05, 3.63) is 59.7 Å². The number of anilines is 2. The lowest BCUT2D eigenvalue weighted by Gasteiger charge is -2.17. The summed E-state index contributed by atoms with van der Waals surface area (Å²) in [6.45, 7) is 1.30. The van der Waals surface area contributed by atoms with Crippen LogP contribution in [-0.2, 0) is 16.1 Å². The highest BCUT2D eigenvalue weighted by atomic mass is 32.1. The van der Waals surface area contributed by atoms with Crippen LogP contribution < -0.4 is 15.5 Å². The molecule has 27 heavy (non-hydrogen) atoms. The first-order valence-electron chi connectivity index (χ1n) is 8.69. The maximum absolute atomic E-state index is 11.9. The Balaban J connectivity index is 1.58. The van der Waals surface area contributed by atoms with Gasteiger partial charge in [0.05, 0.1) is 12.7 Å². The molecule has 0 radical (unpaired) electrons. The number of nitrogens with one attached hydrogen (secondary N) is 2. The first-order chi connectivity index (χ1) is 13.1. The van der Waals surface area contributed by atoms with Gasteiger partial charge in [0.2, 0.25) is 5.91 Å². The Morgan fingerprint density at radius 3 is 2.78 bits per heavy atom. The number of carbonyl (C=O) groups is 2. The molecule has 1 amide bonds. The predicted octanol–water partition coefficient (Wildman–Crippen LogP) is 3.09. The van der Waals surface area contributed by atoms with Crippen molar-refractivity contribution in [1.29, 1.82) is 0 Å². The molecule has 2 aromatic carbocycles. The molecular weight excluding hydrogens is 362 g/mol. The lowest BCUT2D eigenvalue weighted by molar-refractivity contribution is -0.117. The van der Waals surface area contributed by atoms with Gasteiger partial charge in [0.15, 0.2) is 5.11 Å². The van der Waals surface area contributed by atoms with Crippen LogP contribution in [0.2, 0.25) is 0 Å². The van der Waals surface area contributed by atoms with E-state index < -0.39 is 5.97 Å². The van der Waals surface area contributed by atoms with Crippen molar-refractivity contribution < 1.29 is 14.3 Å². The van der Waals surface area contributed by atoms with Gasteiger partial charge in [0.25, 0.3) is 0 Å². The van der Waals surface area contributed by atoms with Crippen LogP contribution in [0.5, 0.6) is 0 Å². The van der Waals surface area contributed by atoms with Crippen molar-refractivity contribution in [3.8, 4) is 0 Å². The molecule has 2 N–H and O–H groups in total. The summed E-state index contributed by atoms with van der Waals surface area (Å²) in [7, 11) is 1.35. The minimum atomic E-state index is -0.397. The molecule has 3 rings (SSSR count). The topological polar surface area (TPSA) is 70.7 Å². The number of amides is 1. The largest absolute Gasteiger partial charge is 0.465 e. The summed E-state index contributed by atoms with van der Waals surface area (Å²) >= 11 is 5.33. The Labute approximate surface area is 163 Å². The molecule has 0 bridgehead atoms. The smallest absolute Gasteiger partial charge is 0.337 e. The summed E-state index contributed by atoms with van der Waals surface area (Å²) in [5, 5.41) is 6.64. The Kier molecular flexibility index (Phi) is 6.03. The van der Waals surface area contributed by atoms with Crippen molar-refractivity contribution in [2.24, 2.45) is 0 Å². The number of ether oxygens (including phenoxy) is 1. The zero-order valence-corrected chi connectivity index (χ0v) is 15.8. The van der Waals surface area contributed by atoms with Gasteiger partial charge in [-0.2, -0.15) is 0 Å². The van der Waals surface area contributed by atoms with Crippen LogP contribution in [-0.4, -0.2) is 30.6 Å². The maximum atomic E-state index is 11.9. The fourth-order valence-electron chi connectivity index (χ4n) is 2.95. The number of carbonyl (C=O) groups excluding carboxylic acids is 2. The Bertz CT molecular complexity index is 869. The van der Waals surface area contributed by atoms with E-state index in [0.717, 1.165) is 24.2 Å². The molecule has 0 saturated carbocycles. The molecule has 1 saturated heterocycles. The summed E-state index contributed by atoms with van der Waals surface area (Å²) in [6, 6.07) is 14.8. The van der Waals surface area contributed by atoms with Gasteiger partial charge >= 0.3 is 5.97 Å². The molecular formula is C20H21N3O3S. The first kappa shape index (κ1) is 18.8. The number of benzene rings is 2. The Morgan fingerprint density at radius 2 is 2.04 bits per heavy atom. The van der Waals surface area contributed by atoms with Crippen LogP contribution in [0.3, 0.4) is 0 Å². The average Bonchev–Trinajstić information content (AvgIpc) is 3.12. The zero-order valence-electron chi connectivity index (χ0n) is 15.0. The number of rotatable bonds is 5. The van der Waals surface area contributed by atoms with E-state index in [9.17, 15) is 9.59 Å². The number of thiocarbonyl (C=S) groups is 1. The van der Waals surface area contributed by atoms with E-state index in [1.807, 2.05) is 35.2 Å². The molecule has 0 unspecified atom stereocenters. The third-order valence-electron chi connectivity index (χ3n) is 4.29. The van der Waals surface area contributed by atoms with Gasteiger partial charge in [-0.1, -0.05) is 18.2 Å². The zero-order chi connectivity index (χ0) is 19.2. The van der Waals surface area contributed by atoms with Gasteiger partial charge < -0.3 is 20.3 Å². The molecule has 2 aromatic rings. The van der Waals surface area contributed by atoms with Crippen LogP contribution in [0, 0.1) is 0 Å². The van der Waals surface area contributed by atoms with E-state index in [0.29, 0.717) is 29.3 Å². The number of hydrogen-bond donors (Lipinski definition) is 2. The van der Waals surface area contributed by atoms with Crippen molar-refractivity contribution in [2.75, 3.05) is 23.9 Å². The maximum Gasteiger partial charge on any atom is 0.337 e. The van der Waals surface area contributed by atoms with Crippen molar-refractivity contribution >= 4 is 40.6 Å². The molecule has 7 heteroatoms. The average molecular weight is 383 g/mol. The van der Waals surface area contributed by atoms with Gasteiger partial charge in [-0.05, 0) is 54.5 Å². The lowest BCUT2D eigenvalue weighted by Crippen LogP contribution is -2.28. The van der Waals surface area contributed by atoms with Crippen LogP contribution >= 0.6 is 12.2 Å². The minimum Gasteiger partial charge on any atom is -0.465 e. The second-order valence-corrected chi connectivity index (χ2v) is 6.61. The van der Waals surface area contributed by atoms with E-state index in [1.54, 1.807) is 18.2 Å². The SMILES string of the molecule is COC(=O)c1cccc(NC(=S)NCc2cccc(N3CCCC3=O)c2)c1. The second kappa shape index (κ2) is 8.64. The molecule has 6 nitrogen and oxygen atoms in total. The second-order valence-electron chi connectivity index (χ2n) is 6.20. The third-order valence-corrected chi connectivity index (χ3v) is 4.54. The van der Waals surface area contributed by atoms with E-state index >= 15 is 0 Å². The van der Waals surface area contributed by atoms with Crippen LogP contribution in [0.1, 0.15) is 28.8 Å². The van der Waals surface area contributed by atoms with Gasteiger partial charge in [0, 0.05) is 30.9 Å². The monoisotopic (exact) mass is 383 g/mol. The van der Waals surface area contributed by atoms with E-state index in [1.165, 1.54) is 7.11 Å². The van der Waals surface area contributed by atoms with Crippen molar-refractivity contribution in [1.82, 2.24) is 5.32 Å². The highest BCUT2D eigenvalue weighted by Gasteiger charge is 2.21. The van der Waals surface area contributed by atoms with Gasteiger partial charge in [0.1, 0.15) is 0 Å². The summed E-state index contributed by atoms with van der Waals surface area (Å²) in [5.74, 6) is -0.228. The highest BCUT2D eigenvalue weighted by molar-refractivity contribution is 7.80. The third kappa shape index (κ3) is 4.83. The standard InChI is InChI=1S/C20H21N3O3S/c1-26-19(25)15-6-3-7-16(12-15)22-20(27)21-13-14-5-2-8-17(11-14)23-10-4-9-18(23)24/h2-3,5-8,11-12H,4,9-10,13H2,1H3,(H2,21,22,27). The predicted molar refractivity (Wildman–Crippen MR) is 109 cm³/mol. The summed E-state index contributed by atoms with van der Waals surface area (Å²) in [6.07, 6.45) is 1.51. The number of methoxy groups -OCH3 is 1. The molecule has 1 aliphatic rings. The van der Waals surface area contributed by atoms with Gasteiger partial charge in [-0.15, -0.1) is 0 Å². The van der Waals surface area contributed by atoms with Gasteiger partial charge in [-0.25, -0.2) is 4.79 Å².